The van der Waals surface area contributed by atoms with Gasteiger partial charge in [-0.15, -0.1) is 0 Å². The average molecular weight is 154 g/mol. The highest BCUT2D eigenvalue weighted by atomic mass is 14.1. The van der Waals surface area contributed by atoms with E-state index < -0.39 is 0 Å². The minimum absolute atomic E-state index is 0.803. The molecule has 0 radical (unpaired) electrons. The maximum Gasteiger partial charge on any atom is -0.0211 e. The summed E-state index contributed by atoms with van der Waals surface area (Å²) in [7, 11) is 0. The quantitative estimate of drug-likeness (QED) is 0.524. The smallest absolute Gasteiger partial charge is 0.0211 e. The summed E-state index contributed by atoms with van der Waals surface area (Å²) in [6, 6.07) is 0. The summed E-state index contributed by atoms with van der Waals surface area (Å²) in [5, 5.41) is 0. The van der Waals surface area contributed by atoms with Crippen molar-refractivity contribution in [2.75, 3.05) is 0 Å². The van der Waals surface area contributed by atoms with Crippen LogP contribution in [-0.4, -0.2) is 0 Å². The van der Waals surface area contributed by atoms with Gasteiger partial charge in [0.1, 0.15) is 0 Å². The van der Waals surface area contributed by atoms with Gasteiger partial charge in [-0.05, 0) is 25.2 Å². The molecule has 0 saturated heterocycles. The van der Waals surface area contributed by atoms with Crippen molar-refractivity contribution in [3.8, 4) is 0 Å². The fraction of sp³-hybridized carbons (Fsp3) is 0.818. The van der Waals surface area contributed by atoms with Crippen molar-refractivity contribution >= 4 is 0 Å². The molecule has 0 N–H and O–H groups in total. The predicted octanol–water partition coefficient (Wildman–Crippen LogP) is 4.02. The third-order valence-corrected chi connectivity index (χ3v) is 2.19. The van der Waals surface area contributed by atoms with Crippen LogP contribution in [-0.2, 0) is 0 Å². The van der Waals surface area contributed by atoms with Gasteiger partial charge in [0.15, 0.2) is 0 Å². The Morgan fingerprint density at radius 2 is 1.91 bits per heavy atom. The molecule has 66 valence electrons. The lowest BCUT2D eigenvalue weighted by molar-refractivity contribution is 0.422. The summed E-state index contributed by atoms with van der Waals surface area (Å²) in [4.78, 5) is 0. The van der Waals surface area contributed by atoms with Crippen LogP contribution in [0.3, 0.4) is 0 Å². The van der Waals surface area contributed by atoms with Gasteiger partial charge < -0.3 is 0 Å². The first-order valence-electron chi connectivity index (χ1n) is 4.85. The van der Waals surface area contributed by atoms with Crippen molar-refractivity contribution in [2.24, 2.45) is 11.8 Å². The number of rotatable bonds is 5. The van der Waals surface area contributed by atoms with Crippen molar-refractivity contribution in [3.05, 3.63) is 12.2 Å². The topological polar surface area (TPSA) is 0 Å². The average Bonchev–Trinajstić information content (AvgIpc) is 1.97. The van der Waals surface area contributed by atoms with Gasteiger partial charge in [0.2, 0.25) is 0 Å². The second-order valence-electron chi connectivity index (χ2n) is 3.58. The van der Waals surface area contributed by atoms with E-state index >= 15 is 0 Å². The Balaban J connectivity index is 3.70. The first kappa shape index (κ1) is 10.7. The number of hydrogen-bond donors (Lipinski definition) is 0. The van der Waals surface area contributed by atoms with Crippen molar-refractivity contribution in [3.63, 3.8) is 0 Å². The molecule has 0 amide bonds. The third-order valence-electron chi connectivity index (χ3n) is 2.19. The van der Waals surface area contributed by atoms with Crippen LogP contribution in [0.1, 0.15) is 47.0 Å². The highest BCUT2D eigenvalue weighted by Crippen LogP contribution is 2.19. The third kappa shape index (κ3) is 5.06. The van der Waals surface area contributed by atoms with E-state index in [0.29, 0.717) is 0 Å². The van der Waals surface area contributed by atoms with Crippen LogP contribution >= 0.6 is 0 Å². The van der Waals surface area contributed by atoms with Crippen LogP contribution in [0.5, 0.6) is 0 Å². The van der Waals surface area contributed by atoms with Gasteiger partial charge in [0, 0.05) is 0 Å². The summed E-state index contributed by atoms with van der Waals surface area (Å²) in [6.45, 7) is 8.98. The Morgan fingerprint density at radius 3 is 2.27 bits per heavy atom. The van der Waals surface area contributed by atoms with E-state index in [-0.39, 0.29) is 0 Å². The summed E-state index contributed by atoms with van der Waals surface area (Å²) >= 11 is 0. The van der Waals surface area contributed by atoms with Gasteiger partial charge in [-0.1, -0.05) is 45.8 Å². The Bertz CT molecular complexity index is 101. The minimum Gasteiger partial charge on any atom is -0.0914 e. The van der Waals surface area contributed by atoms with Gasteiger partial charge in [-0.3, -0.25) is 0 Å². The minimum atomic E-state index is 0.803. The van der Waals surface area contributed by atoms with Gasteiger partial charge in [-0.25, -0.2) is 0 Å². The van der Waals surface area contributed by atoms with E-state index in [0.717, 1.165) is 11.8 Å². The molecule has 0 fully saturated rings. The standard InChI is InChI=1S/C11H22/c1-5-7-9-11(8-6-2)10(3)4/h6,8,10-11H,5,7,9H2,1-4H3. The lowest BCUT2D eigenvalue weighted by atomic mass is 9.90. The van der Waals surface area contributed by atoms with Crippen LogP contribution in [0, 0.1) is 11.8 Å². The molecular weight excluding hydrogens is 132 g/mol. The van der Waals surface area contributed by atoms with E-state index in [1.165, 1.54) is 19.3 Å². The monoisotopic (exact) mass is 154 g/mol. The zero-order chi connectivity index (χ0) is 8.69. The molecule has 0 heteroatoms. The Hall–Kier alpha value is -0.260. The number of allylic oxidation sites excluding steroid dienone is 2. The van der Waals surface area contributed by atoms with Gasteiger partial charge in [-0.2, -0.15) is 0 Å². The van der Waals surface area contributed by atoms with Crippen molar-refractivity contribution in [2.45, 2.75) is 47.0 Å². The summed E-state index contributed by atoms with van der Waals surface area (Å²) in [5.41, 5.74) is 0. The highest BCUT2D eigenvalue weighted by Gasteiger charge is 2.07. The fourth-order valence-corrected chi connectivity index (χ4v) is 1.34. The molecule has 0 aromatic carbocycles. The van der Waals surface area contributed by atoms with E-state index in [9.17, 15) is 0 Å². The molecule has 0 aromatic heterocycles. The lowest BCUT2D eigenvalue weighted by Crippen LogP contribution is -2.04. The summed E-state index contributed by atoms with van der Waals surface area (Å²) < 4.78 is 0. The Kier molecular flexibility index (Phi) is 6.30. The van der Waals surface area contributed by atoms with Gasteiger partial charge in [0.05, 0.1) is 0 Å². The first-order valence-corrected chi connectivity index (χ1v) is 4.85. The number of unbranched alkanes of at least 4 members (excludes halogenated alkanes) is 1. The predicted molar refractivity (Wildman–Crippen MR) is 52.7 cm³/mol. The Labute approximate surface area is 71.7 Å². The van der Waals surface area contributed by atoms with Crippen LogP contribution in [0.2, 0.25) is 0 Å². The molecule has 1 atom stereocenters. The molecule has 0 aliphatic carbocycles. The molecule has 0 aliphatic rings. The molecule has 0 aliphatic heterocycles. The fourth-order valence-electron chi connectivity index (χ4n) is 1.34. The zero-order valence-corrected chi connectivity index (χ0v) is 8.43. The SMILES string of the molecule is CC=CC(CCCC)C(C)C. The second-order valence-corrected chi connectivity index (χ2v) is 3.58. The molecule has 0 rings (SSSR count). The molecule has 0 aromatic rings. The zero-order valence-electron chi connectivity index (χ0n) is 8.43. The van der Waals surface area contributed by atoms with Crippen LogP contribution < -0.4 is 0 Å². The van der Waals surface area contributed by atoms with Crippen LogP contribution in [0.4, 0.5) is 0 Å². The molecule has 0 spiro atoms. The first-order chi connectivity index (χ1) is 5.22. The van der Waals surface area contributed by atoms with E-state index in [4.69, 9.17) is 0 Å². The summed E-state index contributed by atoms with van der Waals surface area (Å²) in [6.07, 6.45) is 8.58. The van der Waals surface area contributed by atoms with Gasteiger partial charge >= 0.3 is 0 Å². The van der Waals surface area contributed by atoms with E-state index in [1.54, 1.807) is 0 Å². The largest absolute Gasteiger partial charge is 0.0914 e. The molecule has 1 unspecified atom stereocenters. The maximum atomic E-state index is 2.35. The molecule has 0 saturated carbocycles. The normalized spacial score (nSPS) is 14.6. The lowest BCUT2D eigenvalue weighted by Gasteiger charge is -2.15. The molecular formula is C11H22. The molecule has 0 heterocycles. The molecule has 0 nitrogen and oxygen atoms in total. The van der Waals surface area contributed by atoms with Crippen molar-refractivity contribution in [1.82, 2.24) is 0 Å². The molecule has 11 heavy (non-hydrogen) atoms. The van der Waals surface area contributed by atoms with Crippen molar-refractivity contribution in [1.29, 1.82) is 0 Å². The second kappa shape index (κ2) is 6.45. The van der Waals surface area contributed by atoms with Crippen LogP contribution in [0.25, 0.3) is 0 Å². The summed E-state index contributed by atoms with van der Waals surface area (Å²) in [5.74, 6) is 1.61. The van der Waals surface area contributed by atoms with E-state index in [2.05, 4.69) is 39.8 Å². The van der Waals surface area contributed by atoms with Crippen molar-refractivity contribution < 1.29 is 0 Å². The maximum absolute atomic E-state index is 2.35. The van der Waals surface area contributed by atoms with E-state index in [1.807, 2.05) is 0 Å². The number of hydrogen-bond acceptors (Lipinski definition) is 0. The van der Waals surface area contributed by atoms with Crippen LogP contribution in [0.15, 0.2) is 12.2 Å². The molecule has 0 bridgehead atoms. The van der Waals surface area contributed by atoms with Gasteiger partial charge in [0.25, 0.3) is 0 Å². The Morgan fingerprint density at radius 1 is 1.27 bits per heavy atom. The highest BCUT2D eigenvalue weighted by molar-refractivity contribution is 4.86.